The number of aryl methyl sites for hydroxylation is 1. The molecule has 82 valence electrons. The molecule has 1 fully saturated rings. The van der Waals surface area contributed by atoms with Gasteiger partial charge in [0.25, 0.3) is 0 Å². The van der Waals surface area contributed by atoms with E-state index in [1.807, 2.05) is 0 Å². The summed E-state index contributed by atoms with van der Waals surface area (Å²) in [4.78, 5) is 9.23. The van der Waals surface area contributed by atoms with Crippen LogP contribution in [0.2, 0.25) is 0 Å². The molecule has 1 heterocycles. The van der Waals surface area contributed by atoms with Crippen molar-refractivity contribution in [3.8, 4) is 0 Å². The van der Waals surface area contributed by atoms with Crippen LogP contribution < -0.4 is 5.32 Å². The van der Waals surface area contributed by atoms with Crippen LogP contribution in [0.4, 0.5) is 5.82 Å². The molecule has 0 atom stereocenters. The fourth-order valence-electron chi connectivity index (χ4n) is 1.88. The second kappa shape index (κ2) is 4.17. The summed E-state index contributed by atoms with van der Waals surface area (Å²) < 4.78 is 0. The summed E-state index contributed by atoms with van der Waals surface area (Å²) >= 11 is 0. The second-order valence-corrected chi connectivity index (χ2v) is 4.15. The lowest BCUT2D eigenvalue weighted by Crippen LogP contribution is -2.09. The van der Waals surface area contributed by atoms with E-state index >= 15 is 0 Å². The summed E-state index contributed by atoms with van der Waals surface area (Å²) in [6.07, 6.45) is 3.52. The van der Waals surface area contributed by atoms with Gasteiger partial charge in [0.15, 0.2) is 0 Å². The van der Waals surface area contributed by atoms with Crippen molar-refractivity contribution < 1.29 is 0 Å². The van der Waals surface area contributed by atoms with Crippen LogP contribution in [0.3, 0.4) is 0 Å². The third kappa shape index (κ3) is 2.11. The largest absolute Gasteiger partial charge is 0.370 e. The van der Waals surface area contributed by atoms with E-state index < -0.39 is 0 Å². The molecule has 0 radical (unpaired) electrons. The Balaban J connectivity index is 2.37. The van der Waals surface area contributed by atoms with Gasteiger partial charge in [-0.15, -0.1) is 0 Å². The van der Waals surface area contributed by atoms with E-state index in [2.05, 4.69) is 36.1 Å². The Hall–Kier alpha value is -1.12. The normalized spacial score (nSPS) is 15.4. The topological polar surface area (TPSA) is 37.8 Å². The van der Waals surface area contributed by atoms with Crippen molar-refractivity contribution in [3.63, 3.8) is 0 Å². The number of nitrogens with zero attached hydrogens (tertiary/aromatic N) is 2. The number of nitrogens with one attached hydrogen (secondary N) is 1. The van der Waals surface area contributed by atoms with Gasteiger partial charge in [-0.05, 0) is 33.1 Å². The Morgan fingerprint density at radius 3 is 2.53 bits per heavy atom. The van der Waals surface area contributed by atoms with Crippen molar-refractivity contribution in [3.05, 3.63) is 17.1 Å². The van der Waals surface area contributed by atoms with Crippen molar-refractivity contribution in [1.82, 2.24) is 9.97 Å². The van der Waals surface area contributed by atoms with Gasteiger partial charge in [0.1, 0.15) is 11.6 Å². The predicted octanol–water partition coefficient (Wildman–Crippen LogP) is 2.66. The molecule has 0 amide bonds. The second-order valence-electron chi connectivity index (χ2n) is 4.15. The van der Waals surface area contributed by atoms with Crippen LogP contribution in [0.15, 0.2) is 0 Å². The van der Waals surface area contributed by atoms with Crippen LogP contribution in [-0.2, 0) is 6.42 Å². The monoisotopic (exact) mass is 205 g/mol. The van der Waals surface area contributed by atoms with Crippen LogP contribution in [-0.4, -0.2) is 16.5 Å². The number of hydrogen-bond acceptors (Lipinski definition) is 3. The van der Waals surface area contributed by atoms with Crippen LogP contribution in [0.25, 0.3) is 0 Å². The van der Waals surface area contributed by atoms with Crippen molar-refractivity contribution in [2.24, 2.45) is 0 Å². The van der Waals surface area contributed by atoms with Gasteiger partial charge in [-0.25, -0.2) is 9.97 Å². The lowest BCUT2D eigenvalue weighted by Gasteiger charge is -2.12. The summed E-state index contributed by atoms with van der Waals surface area (Å²) in [7, 11) is 0. The minimum absolute atomic E-state index is 0.631. The summed E-state index contributed by atoms with van der Waals surface area (Å²) in [5.41, 5.74) is 2.41. The molecule has 1 saturated carbocycles. The Morgan fingerprint density at radius 1 is 1.27 bits per heavy atom. The Kier molecular flexibility index (Phi) is 2.89. The molecule has 0 aliphatic heterocycles. The third-order valence-electron chi connectivity index (χ3n) is 2.87. The number of aromatic nitrogens is 2. The first-order chi connectivity index (χ1) is 7.26. The lowest BCUT2D eigenvalue weighted by molar-refractivity contribution is 0.876. The van der Waals surface area contributed by atoms with Crippen LogP contribution in [0.1, 0.15) is 49.7 Å². The van der Waals surface area contributed by atoms with Gasteiger partial charge in [0, 0.05) is 23.7 Å². The van der Waals surface area contributed by atoms with E-state index in [-0.39, 0.29) is 0 Å². The Labute approximate surface area is 91.3 Å². The number of rotatable bonds is 4. The minimum atomic E-state index is 0.631. The standard InChI is InChI=1S/C12H19N3/c1-4-10-8(3)14-11(9-6-7-9)15-12(10)13-5-2/h9H,4-7H2,1-3H3,(H,13,14,15). The summed E-state index contributed by atoms with van der Waals surface area (Å²) in [5, 5.41) is 3.34. The smallest absolute Gasteiger partial charge is 0.134 e. The van der Waals surface area contributed by atoms with Crippen molar-refractivity contribution in [1.29, 1.82) is 0 Å². The van der Waals surface area contributed by atoms with Crippen molar-refractivity contribution in [2.75, 3.05) is 11.9 Å². The van der Waals surface area contributed by atoms with Crippen LogP contribution >= 0.6 is 0 Å². The summed E-state index contributed by atoms with van der Waals surface area (Å²) in [6.45, 7) is 7.28. The fraction of sp³-hybridized carbons (Fsp3) is 0.667. The summed E-state index contributed by atoms with van der Waals surface area (Å²) in [6, 6.07) is 0. The highest BCUT2D eigenvalue weighted by molar-refractivity contribution is 5.46. The molecular weight excluding hydrogens is 186 g/mol. The highest BCUT2D eigenvalue weighted by atomic mass is 15.0. The predicted molar refractivity (Wildman–Crippen MR) is 62.3 cm³/mol. The zero-order valence-corrected chi connectivity index (χ0v) is 9.80. The SMILES string of the molecule is CCNc1nc(C2CC2)nc(C)c1CC. The highest BCUT2D eigenvalue weighted by Crippen LogP contribution is 2.38. The molecule has 15 heavy (non-hydrogen) atoms. The van der Waals surface area contributed by atoms with Crippen LogP contribution in [0, 0.1) is 6.92 Å². The molecule has 3 heteroatoms. The van der Waals surface area contributed by atoms with Crippen LogP contribution in [0.5, 0.6) is 0 Å². The lowest BCUT2D eigenvalue weighted by atomic mass is 10.1. The maximum atomic E-state index is 4.63. The molecule has 1 aliphatic rings. The fourth-order valence-corrected chi connectivity index (χ4v) is 1.88. The Bertz CT molecular complexity index is 356. The van der Waals surface area contributed by atoms with Gasteiger partial charge >= 0.3 is 0 Å². The average Bonchev–Trinajstić information content (AvgIpc) is 3.01. The first-order valence-electron chi connectivity index (χ1n) is 5.87. The molecular formula is C12H19N3. The molecule has 2 rings (SSSR count). The summed E-state index contributed by atoms with van der Waals surface area (Å²) in [5.74, 6) is 2.72. The maximum absolute atomic E-state index is 4.63. The molecule has 0 spiro atoms. The number of anilines is 1. The molecule has 0 unspecified atom stereocenters. The molecule has 0 bridgehead atoms. The zero-order valence-electron chi connectivity index (χ0n) is 9.80. The van der Waals surface area contributed by atoms with E-state index in [4.69, 9.17) is 0 Å². The van der Waals surface area contributed by atoms with E-state index in [1.165, 1.54) is 18.4 Å². The number of hydrogen-bond donors (Lipinski definition) is 1. The van der Waals surface area contributed by atoms with Gasteiger partial charge in [-0.1, -0.05) is 6.92 Å². The van der Waals surface area contributed by atoms with E-state index in [0.717, 1.165) is 30.3 Å². The van der Waals surface area contributed by atoms with Gasteiger partial charge in [-0.3, -0.25) is 0 Å². The molecule has 0 aromatic carbocycles. The van der Waals surface area contributed by atoms with Crippen molar-refractivity contribution >= 4 is 5.82 Å². The first kappa shape index (κ1) is 10.4. The molecule has 1 aromatic rings. The van der Waals surface area contributed by atoms with Gasteiger partial charge in [0.2, 0.25) is 0 Å². The quantitative estimate of drug-likeness (QED) is 0.821. The molecule has 1 aliphatic carbocycles. The van der Waals surface area contributed by atoms with Crippen molar-refractivity contribution in [2.45, 2.75) is 46.0 Å². The zero-order chi connectivity index (χ0) is 10.8. The molecule has 0 saturated heterocycles. The molecule has 1 N–H and O–H groups in total. The van der Waals surface area contributed by atoms with Gasteiger partial charge in [-0.2, -0.15) is 0 Å². The van der Waals surface area contributed by atoms with E-state index in [9.17, 15) is 0 Å². The highest BCUT2D eigenvalue weighted by Gasteiger charge is 2.27. The average molecular weight is 205 g/mol. The molecule has 1 aromatic heterocycles. The van der Waals surface area contributed by atoms with E-state index in [0.29, 0.717) is 5.92 Å². The molecule has 3 nitrogen and oxygen atoms in total. The first-order valence-corrected chi connectivity index (χ1v) is 5.87. The van der Waals surface area contributed by atoms with E-state index in [1.54, 1.807) is 0 Å². The van der Waals surface area contributed by atoms with Gasteiger partial charge in [0.05, 0.1) is 0 Å². The third-order valence-corrected chi connectivity index (χ3v) is 2.87. The maximum Gasteiger partial charge on any atom is 0.134 e. The van der Waals surface area contributed by atoms with Gasteiger partial charge < -0.3 is 5.32 Å². The Morgan fingerprint density at radius 2 is 2.00 bits per heavy atom. The minimum Gasteiger partial charge on any atom is -0.370 e.